The first-order chi connectivity index (χ1) is 12.6. The molecule has 0 heterocycles. The van der Waals surface area contributed by atoms with Crippen LogP contribution in [0.3, 0.4) is 0 Å². The maximum absolute atomic E-state index is 12.9. The molecule has 26 heavy (non-hydrogen) atoms. The molecule has 0 fully saturated rings. The Bertz CT molecular complexity index is 881. The molecule has 0 aliphatic rings. The number of halogens is 2. The van der Waals surface area contributed by atoms with Gasteiger partial charge in [-0.05, 0) is 66.2 Å². The van der Waals surface area contributed by atoms with Crippen molar-refractivity contribution in [2.75, 3.05) is 5.32 Å². The van der Waals surface area contributed by atoms with E-state index in [1.54, 1.807) is 18.2 Å². The van der Waals surface area contributed by atoms with Gasteiger partial charge in [-0.15, -0.1) is 0 Å². The lowest BCUT2D eigenvalue weighted by molar-refractivity contribution is 0.251. The number of hydrogen-bond donors (Lipinski definition) is 2. The first-order valence-electron chi connectivity index (χ1n) is 7.91. The summed E-state index contributed by atoms with van der Waals surface area (Å²) >= 11 is 0. The third-order valence-electron chi connectivity index (χ3n) is 3.50. The van der Waals surface area contributed by atoms with E-state index in [4.69, 9.17) is 4.74 Å². The average Bonchev–Trinajstić information content (AvgIpc) is 2.64. The standard InChI is InChI=1S/C20H16F2N2O2/c21-15-4-8-17(9-5-15)24-20(25)23-13-14-2-1-3-19(12-14)26-18-10-6-16(22)7-11-18/h1-12H,13H2,(H2,23,24,25). The van der Waals surface area contributed by atoms with Crippen LogP contribution < -0.4 is 15.4 Å². The van der Waals surface area contributed by atoms with Gasteiger partial charge in [0.1, 0.15) is 23.1 Å². The van der Waals surface area contributed by atoms with Gasteiger partial charge < -0.3 is 15.4 Å². The van der Waals surface area contributed by atoms with Crippen molar-refractivity contribution in [2.24, 2.45) is 0 Å². The van der Waals surface area contributed by atoms with Crippen LogP contribution in [-0.2, 0) is 6.54 Å². The molecule has 4 nitrogen and oxygen atoms in total. The predicted molar refractivity (Wildman–Crippen MR) is 95.2 cm³/mol. The van der Waals surface area contributed by atoms with Crippen LogP contribution in [0.2, 0.25) is 0 Å². The Labute approximate surface area is 149 Å². The van der Waals surface area contributed by atoms with Crippen molar-refractivity contribution in [3.05, 3.63) is 90.0 Å². The summed E-state index contributed by atoms with van der Waals surface area (Å²) in [5.41, 5.74) is 1.33. The fourth-order valence-corrected chi connectivity index (χ4v) is 2.25. The van der Waals surface area contributed by atoms with Crippen LogP contribution in [0.15, 0.2) is 72.8 Å². The summed E-state index contributed by atoms with van der Waals surface area (Å²) in [6.45, 7) is 0.285. The number of nitrogens with one attached hydrogen (secondary N) is 2. The summed E-state index contributed by atoms with van der Waals surface area (Å²) in [5, 5.41) is 5.33. The summed E-state index contributed by atoms with van der Waals surface area (Å²) < 4.78 is 31.4. The summed E-state index contributed by atoms with van der Waals surface area (Å²) in [6, 6.07) is 18.0. The van der Waals surface area contributed by atoms with Crippen LogP contribution in [0.25, 0.3) is 0 Å². The van der Waals surface area contributed by atoms with Gasteiger partial charge >= 0.3 is 6.03 Å². The number of benzene rings is 3. The zero-order valence-electron chi connectivity index (χ0n) is 13.7. The highest BCUT2D eigenvalue weighted by Crippen LogP contribution is 2.22. The highest BCUT2D eigenvalue weighted by atomic mass is 19.1. The molecule has 2 amide bonds. The molecule has 0 unspecified atom stereocenters. The van der Waals surface area contributed by atoms with Crippen molar-refractivity contribution >= 4 is 11.7 Å². The van der Waals surface area contributed by atoms with Gasteiger partial charge in [0.2, 0.25) is 0 Å². The SMILES string of the molecule is O=C(NCc1cccc(Oc2ccc(F)cc2)c1)Nc1ccc(F)cc1. The number of carbonyl (C=O) groups excluding carboxylic acids is 1. The Kier molecular flexibility index (Phi) is 5.43. The third-order valence-corrected chi connectivity index (χ3v) is 3.50. The summed E-state index contributed by atoms with van der Waals surface area (Å²) in [5.74, 6) is 0.400. The summed E-state index contributed by atoms with van der Waals surface area (Å²) in [4.78, 5) is 11.9. The highest BCUT2D eigenvalue weighted by Gasteiger charge is 2.04. The van der Waals surface area contributed by atoms with E-state index >= 15 is 0 Å². The van der Waals surface area contributed by atoms with E-state index in [1.807, 2.05) is 6.07 Å². The van der Waals surface area contributed by atoms with Gasteiger partial charge in [-0.25, -0.2) is 13.6 Å². The molecule has 6 heteroatoms. The van der Waals surface area contributed by atoms with Crippen LogP contribution in [-0.4, -0.2) is 6.03 Å². The Morgan fingerprint density at radius 2 is 1.50 bits per heavy atom. The topological polar surface area (TPSA) is 50.4 Å². The summed E-state index contributed by atoms with van der Waals surface area (Å²) in [7, 11) is 0. The zero-order chi connectivity index (χ0) is 18.4. The Morgan fingerprint density at radius 3 is 2.19 bits per heavy atom. The lowest BCUT2D eigenvalue weighted by atomic mass is 10.2. The molecule has 3 rings (SSSR count). The quantitative estimate of drug-likeness (QED) is 0.671. The number of amides is 2. The molecule has 2 N–H and O–H groups in total. The van der Waals surface area contributed by atoms with Gasteiger partial charge in [-0.3, -0.25) is 0 Å². The minimum absolute atomic E-state index is 0.285. The maximum atomic E-state index is 12.9. The lowest BCUT2D eigenvalue weighted by Crippen LogP contribution is -2.28. The second kappa shape index (κ2) is 8.11. The van der Waals surface area contributed by atoms with E-state index in [0.717, 1.165) is 5.56 Å². The molecule has 0 bridgehead atoms. The van der Waals surface area contributed by atoms with Crippen molar-refractivity contribution in [3.63, 3.8) is 0 Å². The highest BCUT2D eigenvalue weighted by molar-refractivity contribution is 5.89. The van der Waals surface area contributed by atoms with E-state index in [2.05, 4.69) is 10.6 Å². The lowest BCUT2D eigenvalue weighted by Gasteiger charge is -2.10. The average molecular weight is 354 g/mol. The Morgan fingerprint density at radius 1 is 0.846 bits per heavy atom. The number of ether oxygens (including phenoxy) is 1. The van der Waals surface area contributed by atoms with Crippen molar-refractivity contribution in [1.82, 2.24) is 5.32 Å². The molecule has 0 radical (unpaired) electrons. The predicted octanol–water partition coefficient (Wildman–Crippen LogP) is 5.08. The van der Waals surface area contributed by atoms with E-state index in [9.17, 15) is 13.6 Å². The largest absolute Gasteiger partial charge is 0.457 e. The van der Waals surface area contributed by atoms with Crippen molar-refractivity contribution in [2.45, 2.75) is 6.54 Å². The Hall–Kier alpha value is -3.41. The van der Waals surface area contributed by atoms with Crippen molar-refractivity contribution in [3.8, 4) is 11.5 Å². The second-order valence-electron chi connectivity index (χ2n) is 5.52. The molecule has 0 atom stereocenters. The van der Waals surface area contributed by atoms with Gasteiger partial charge in [0.15, 0.2) is 0 Å². The zero-order valence-corrected chi connectivity index (χ0v) is 13.7. The molecule has 3 aromatic carbocycles. The van der Waals surface area contributed by atoms with Gasteiger partial charge in [-0.2, -0.15) is 0 Å². The van der Waals surface area contributed by atoms with Crippen LogP contribution in [0.4, 0.5) is 19.3 Å². The monoisotopic (exact) mass is 354 g/mol. The van der Waals surface area contributed by atoms with Gasteiger partial charge in [-0.1, -0.05) is 12.1 Å². The summed E-state index contributed by atoms with van der Waals surface area (Å²) in [6.07, 6.45) is 0. The minimum atomic E-state index is -0.401. The van der Waals surface area contributed by atoms with Gasteiger partial charge in [0.25, 0.3) is 0 Å². The van der Waals surface area contributed by atoms with Crippen LogP contribution in [0, 0.1) is 11.6 Å². The van der Waals surface area contributed by atoms with E-state index in [-0.39, 0.29) is 18.2 Å². The molecule has 3 aromatic rings. The van der Waals surface area contributed by atoms with Gasteiger partial charge in [0, 0.05) is 12.2 Å². The molecule has 0 aliphatic heterocycles. The van der Waals surface area contributed by atoms with Crippen LogP contribution in [0.1, 0.15) is 5.56 Å². The van der Waals surface area contributed by atoms with Gasteiger partial charge in [0.05, 0.1) is 0 Å². The van der Waals surface area contributed by atoms with Crippen molar-refractivity contribution in [1.29, 1.82) is 0 Å². The maximum Gasteiger partial charge on any atom is 0.319 e. The fraction of sp³-hybridized carbons (Fsp3) is 0.0500. The van der Waals surface area contributed by atoms with E-state index < -0.39 is 6.03 Å². The minimum Gasteiger partial charge on any atom is -0.457 e. The van der Waals surface area contributed by atoms with Crippen molar-refractivity contribution < 1.29 is 18.3 Å². The molecule has 0 spiro atoms. The number of anilines is 1. The first kappa shape index (κ1) is 17.4. The molecular weight excluding hydrogens is 338 g/mol. The molecule has 0 saturated carbocycles. The smallest absolute Gasteiger partial charge is 0.319 e. The molecule has 0 saturated heterocycles. The Balaban J connectivity index is 1.55. The van der Waals surface area contributed by atoms with Crippen LogP contribution >= 0.6 is 0 Å². The first-order valence-corrected chi connectivity index (χ1v) is 7.91. The van der Waals surface area contributed by atoms with Crippen LogP contribution in [0.5, 0.6) is 11.5 Å². The normalized spacial score (nSPS) is 10.2. The number of hydrogen-bond acceptors (Lipinski definition) is 2. The van der Waals surface area contributed by atoms with E-state index in [1.165, 1.54) is 48.5 Å². The number of urea groups is 1. The molecule has 132 valence electrons. The second-order valence-corrected chi connectivity index (χ2v) is 5.52. The number of rotatable bonds is 5. The third kappa shape index (κ3) is 5.04. The van der Waals surface area contributed by atoms with E-state index in [0.29, 0.717) is 17.2 Å². The fourth-order valence-electron chi connectivity index (χ4n) is 2.25. The molecule has 0 aliphatic carbocycles. The molecular formula is C20H16F2N2O2. The molecule has 0 aromatic heterocycles. The number of carbonyl (C=O) groups is 1.